The van der Waals surface area contributed by atoms with E-state index in [0.717, 1.165) is 8.61 Å². The third-order valence-electron chi connectivity index (χ3n) is 5.54. The van der Waals surface area contributed by atoms with Crippen LogP contribution in [0.3, 0.4) is 0 Å². The number of nitrogens with zero attached hydrogens (tertiary/aromatic N) is 4. The Balaban J connectivity index is 1.89. The minimum absolute atomic E-state index is 0.0178. The van der Waals surface area contributed by atoms with Crippen molar-refractivity contribution in [3.8, 4) is 0 Å². The van der Waals surface area contributed by atoms with E-state index < -0.39 is 45.7 Å². The maximum Gasteiger partial charge on any atom is 0.298 e. The number of hydrogen-bond donors (Lipinski definition) is 1. The Bertz CT molecular complexity index is 1040. The van der Waals surface area contributed by atoms with Crippen LogP contribution in [0.5, 0.6) is 0 Å². The summed E-state index contributed by atoms with van der Waals surface area (Å²) in [4.78, 5) is 43.6. The molecule has 2 aliphatic rings. The SMILES string of the molecule is CN(C)S(=O)(=O)N(C)C1CCCCN2C(=O)C(=O)C(C(=O)NCc3ccc(F)cc3)N=C12. The van der Waals surface area contributed by atoms with E-state index in [1.807, 2.05) is 0 Å². The number of likely N-dealkylation sites (N-methyl/N-ethyl adjacent to an activating group) is 1. The molecule has 3 rings (SSSR count). The zero-order valence-electron chi connectivity index (χ0n) is 18.1. The van der Waals surface area contributed by atoms with Gasteiger partial charge in [-0.3, -0.25) is 19.3 Å². The maximum atomic E-state index is 13.1. The molecule has 2 atom stereocenters. The fourth-order valence-corrected chi connectivity index (χ4v) is 4.70. The molecule has 2 heterocycles. The first kappa shape index (κ1) is 24.0. The highest BCUT2D eigenvalue weighted by Gasteiger charge is 2.45. The van der Waals surface area contributed by atoms with Gasteiger partial charge >= 0.3 is 0 Å². The lowest BCUT2D eigenvalue weighted by atomic mass is 10.1. The summed E-state index contributed by atoms with van der Waals surface area (Å²) >= 11 is 0. The molecule has 10 nitrogen and oxygen atoms in total. The predicted molar refractivity (Wildman–Crippen MR) is 114 cm³/mol. The third-order valence-corrected chi connectivity index (χ3v) is 7.45. The number of Topliss-reactive ketones (excluding diaryl/α,β-unsaturated/α-hetero) is 1. The van der Waals surface area contributed by atoms with E-state index in [2.05, 4.69) is 10.3 Å². The van der Waals surface area contributed by atoms with Gasteiger partial charge in [0, 0.05) is 34.2 Å². The molecule has 1 fully saturated rings. The van der Waals surface area contributed by atoms with E-state index in [-0.39, 0.29) is 18.9 Å². The van der Waals surface area contributed by atoms with Crippen molar-refractivity contribution in [2.45, 2.75) is 37.9 Å². The number of carbonyl (C=O) groups is 3. The molecule has 1 aromatic carbocycles. The maximum absolute atomic E-state index is 13.1. The van der Waals surface area contributed by atoms with Crippen molar-refractivity contribution in [1.29, 1.82) is 0 Å². The van der Waals surface area contributed by atoms with Crippen LogP contribution in [0.15, 0.2) is 29.3 Å². The van der Waals surface area contributed by atoms with Crippen LogP contribution >= 0.6 is 0 Å². The predicted octanol–water partition coefficient (Wildman–Crippen LogP) is -0.0890. The molecule has 0 aromatic heterocycles. The highest BCUT2D eigenvalue weighted by Crippen LogP contribution is 2.24. The molecule has 1 aromatic rings. The summed E-state index contributed by atoms with van der Waals surface area (Å²) in [5.74, 6) is -2.94. The second-order valence-electron chi connectivity index (χ2n) is 7.87. The molecule has 2 amide bonds. The van der Waals surface area contributed by atoms with Gasteiger partial charge in [-0.2, -0.15) is 17.0 Å². The van der Waals surface area contributed by atoms with E-state index in [4.69, 9.17) is 0 Å². The van der Waals surface area contributed by atoms with Crippen molar-refractivity contribution in [2.75, 3.05) is 27.7 Å². The lowest BCUT2D eigenvalue weighted by Crippen LogP contribution is -2.59. The Morgan fingerprint density at radius 3 is 2.47 bits per heavy atom. The molecule has 2 unspecified atom stereocenters. The van der Waals surface area contributed by atoms with Crippen LogP contribution in [-0.2, 0) is 31.1 Å². The molecule has 1 saturated heterocycles. The normalized spacial score (nSPS) is 21.9. The van der Waals surface area contributed by atoms with E-state index >= 15 is 0 Å². The number of nitrogens with one attached hydrogen (secondary N) is 1. The fraction of sp³-hybridized carbons (Fsp3) is 0.500. The van der Waals surface area contributed by atoms with Gasteiger partial charge in [0.2, 0.25) is 0 Å². The number of amides is 2. The Labute approximate surface area is 186 Å². The molecule has 0 bridgehead atoms. The van der Waals surface area contributed by atoms with Crippen molar-refractivity contribution in [1.82, 2.24) is 18.8 Å². The lowest BCUT2D eigenvalue weighted by Gasteiger charge is -2.35. The van der Waals surface area contributed by atoms with Gasteiger partial charge in [0.05, 0.1) is 6.04 Å². The molecule has 2 aliphatic heterocycles. The molecule has 0 radical (unpaired) electrons. The summed E-state index contributed by atoms with van der Waals surface area (Å²) in [7, 11) is 0.340. The van der Waals surface area contributed by atoms with Crippen LogP contribution < -0.4 is 5.32 Å². The molecule has 1 N–H and O–H groups in total. The van der Waals surface area contributed by atoms with Gasteiger partial charge in [-0.15, -0.1) is 0 Å². The molecule has 0 aliphatic carbocycles. The second-order valence-corrected chi connectivity index (χ2v) is 10.1. The van der Waals surface area contributed by atoms with E-state index in [1.54, 1.807) is 0 Å². The van der Waals surface area contributed by atoms with E-state index in [1.165, 1.54) is 50.3 Å². The van der Waals surface area contributed by atoms with Crippen LogP contribution in [-0.4, -0.2) is 85.1 Å². The number of ketones is 1. The number of aliphatic imine (C=N–C) groups is 1. The van der Waals surface area contributed by atoms with Crippen molar-refractivity contribution in [2.24, 2.45) is 4.99 Å². The van der Waals surface area contributed by atoms with Crippen molar-refractivity contribution < 1.29 is 27.2 Å². The van der Waals surface area contributed by atoms with Gasteiger partial charge in [-0.25, -0.2) is 9.38 Å². The summed E-state index contributed by atoms with van der Waals surface area (Å²) in [5, 5.41) is 2.54. The zero-order chi connectivity index (χ0) is 23.6. The van der Waals surface area contributed by atoms with Gasteiger partial charge in [-0.05, 0) is 37.0 Å². The fourth-order valence-electron chi connectivity index (χ4n) is 3.66. The summed E-state index contributed by atoms with van der Waals surface area (Å²) in [5.41, 5.74) is 0.604. The van der Waals surface area contributed by atoms with Gasteiger partial charge in [0.15, 0.2) is 6.04 Å². The van der Waals surface area contributed by atoms with Crippen LogP contribution in [0, 0.1) is 5.82 Å². The number of benzene rings is 1. The molecule has 174 valence electrons. The molecular formula is C20H26FN5O5S. The first-order valence-corrected chi connectivity index (χ1v) is 11.5. The molecule has 32 heavy (non-hydrogen) atoms. The highest BCUT2D eigenvalue weighted by atomic mass is 32.2. The molecule has 0 spiro atoms. The van der Waals surface area contributed by atoms with E-state index in [0.29, 0.717) is 24.8 Å². The Morgan fingerprint density at radius 1 is 1.19 bits per heavy atom. The molecule has 0 saturated carbocycles. The summed E-state index contributed by atoms with van der Waals surface area (Å²) in [6.07, 6.45) is 1.59. The number of carbonyl (C=O) groups excluding carboxylic acids is 3. The Hall–Kier alpha value is -2.70. The average molecular weight is 468 g/mol. The lowest BCUT2D eigenvalue weighted by molar-refractivity contribution is -0.146. The van der Waals surface area contributed by atoms with Gasteiger partial charge in [0.1, 0.15) is 11.7 Å². The number of amidine groups is 1. The Morgan fingerprint density at radius 2 is 1.84 bits per heavy atom. The number of rotatable bonds is 6. The van der Waals surface area contributed by atoms with Crippen molar-refractivity contribution in [3.63, 3.8) is 0 Å². The smallest absolute Gasteiger partial charge is 0.298 e. The minimum atomic E-state index is -3.83. The van der Waals surface area contributed by atoms with Crippen LogP contribution in [0.4, 0.5) is 4.39 Å². The monoisotopic (exact) mass is 467 g/mol. The molecular weight excluding hydrogens is 441 g/mol. The standard InChI is InChI=1S/C20H26FN5O5S/c1-24(2)32(30,31)25(3)15-6-4-5-11-26-18(15)23-16(17(27)20(26)29)19(28)22-12-13-7-9-14(21)10-8-13/h7-10,15-16H,4-6,11-12H2,1-3H3,(H,22,28). The van der Waals surface area contributed by atoms with Crippen LogP contribution in [0.1, 0.15) is 24.8 Å². The topological polar surface area (TPSA) is 119 Å². The Kier molecular flexibility index (Phi) is 7.06. The summed E-state index contributed by atoms with van der Waals surface area (Å²) in [6, 6.07) is 3.05. The first-order valence-electron chi connectivity index (χ1n) is 10.1. The number of halogens is 1. The van der Waals surface area contributed by atoms with Crippen molar-refractivity contribution in [3.05, 3.63) is 35.6 Å². The average Bonchev–Trinajstić information content (AvgIpc) is 2.97. The third kappa shape index (κ3) is 4.71. The largest absolute Gasteiger partial charge is 0.350 e. The number of fused-ring (bicyclic) bond motifs is 1. The first-order chi connectivity index (χ1) is 15.0. The van der Waals surface area contributed by atoms with Crippen molar-refractivity contribution >= 4 is 33.6 Å². The summed E-state index contributed by atoms with van der Waals surface area (Å²) < 4.78 is 40.6. The van der Waals surface area contributed by atoms with Crippen LogP contribution in [0.25, 0.3) is 0 Å². The zero-order valence-corrected chi connectivity index (χ0v) is 18.9. The number of hydrogen-bond acceptors (Lipinski definition) is 6. The highest BCUT2D eigenvalue weighted by molar-refractivity contribution is 7.86. The minimum Gasteiger partial charge on any atom is -0.350 e. The van der Waals surface area contributed by atoms with Gasteiger partial charge in [-0.1, -0.05) is 12.1 Å². The van der Waals surface area contributed by atoms with Gasteiger partial charge in [0.25, 0.3) is 27.8 Å². The quantitative estimate of drug-likeness (QED) is 0.463. The van der Waals surface area contributed by atoms with E-state index in [9.17, 15) is 27.2 Å². The second kappa shape index (κ2) is 9.43. The molecule has 12 heteroatoms. The van der Waals surface area contributed by atoms with Crippen LogP contribution in [0.2, 0.25) is 0 Å². The van der Waals surface area contributed by atoms with Gasteiger partial charge < -0.3 is 5.32 Å². The summed E-state index contributed by atoms with van der Waals surface area (Å²) in [6.45, 7) is 0.240.